The van der Waals surface area contributed by atoms with E-state index in [1.165, 1.54) is 11.8 Å². The average molecular weight is 347 g/mol. The highest BCUT2D eigenvalue weighted by atomic mass is 32.2. The zero-order valence-electron chi connectivity index (χ0n) is 13.8. The van der Waals surface area contributed by atoms with Gasteiger partial charge in [0.1, 0.15) is 0 Å². The second-order valence-electron chi connectivity index (χ2n) is 5.82. The standard InChI is InChI=1S/C20H17N3OS/c1-23-12-11-21-20(23)25-13-17(24)18-15-9-5-6-10-16(15)22-19(18)14-7-3-2-4-8-14/h2-12,22H,13H2,1H3. The van der Waals surface area contributed by atoms with E-state index in [4.69, 9.17) is 0 Å². The summed E-state index contributed by atoms with van der Waals surface area (Å²) in [6, 6.07) is 17.9. The van der Waals surface area contributed by atoms with Crippen molar-refractivity contribution in [1.29, 1.82) is 0 Å². The SMILES string of the molecule is Cn1ccnc1SCC(=O)c1c(-c2ccccc2)[nH]c2ccccc12. The number of H-pyrrole nitrogens is 1. The van der Waals surface area contributed by atoms with Crippen LogP contribution in [-0.4, -0.2) is 26.1 Å². The van der Waals surface area contributed by atoms with Crippen LogP contribution in [0.15, 0.2) is 72.1 Å². The maximum Gasteiger partial charge on any atom is 0.175 e. The Balaban J connectivity index is 1.74. The summed E-state index contributed by atoms with van der Waals surface area (Å²) >= 11 is 1.46. The summed E-state index contributed by atoms with van der Waals surface area (Å²) < 4.78 is 1.92. The minimum Gasteiger partial charge on any atom is -0.354 e. The molecule has 0 bridgehead atoms. The number of imidazole rings is 1. The number of hydrogen-bond acceptors (Lipinski definition) is 3. The van der Waals surface area contributed by atoms with Crippen molar-refractivity contribution in [3.05, 3.63) is 72.6 Å². The molecule has 0 atom stereocenters. The van der Waals surface area contributed by atoms with Crippen molar-refractivity contribution in [1.82, 2.24) is 14.5 Å². The fourth-order valence-corrected chi connectivity index (χ4v) is 3.75. The minimum absolute atomic E-state index is 0.101. The number of para-hydroxylation sites is 1. The number of nitrogens with zero attached hydrogens (tertiary/aromatic N) is 2. The Kier molecular flexibility index (Phi) is 4.15. The molecule has 0 amide bonds. The van der Waals surface area contributed by atoms with Crippen molar-refractivity contribution in [3.8, 4) is 11.3 Å². The normalized spacial score (nSPS) is 11.1. The lowest BCUT2D eigenvalue weighted by Crippen LogP contribution is -2.05. The Bertz CT molecular complexity index is 1030. The van der Waals surface area contributed by atoms with Crippen LogP contribution < -0.4 is 0 Å². The quantitative estimate of drug-likeness (QED) is 0.426. The molecule has 4 aromatic rings. The van der Waals surface area contributed by atoms with E-state index in [-0.39, 0.29) is 5.78 Å². The number of hydrogen-bond donors (Lipinski definition) is 1. The van der Waals surface area contributed by atoms with E-state index in [1.54, 1.807) is 6.20 Å². The molecule has 4 rings (SSSR count). The van der Waals surface area contributed by atoms with Crippen LogP contribution in [0.1, 0.15) is 10.4 Å². The highest BCUT2D eigenvalue weighted by Gasteiger charge is 2.20. The Morgan fingerprint density at radius 3 is 2.64 bits per heavy atom. The highest BCUT2D eigenvalue weighted by Crippen LogP contribution is 2.31. The first-order chi connectivity index (χ1) is 12.2. The molecule has 0 aliphatic carbocycles. The summed E-state index contributed by atoms with van der Waals surface area (Å²) in [5.41, 5.74) is 3.63. The summed E-state index contributed by atoms with van der Waals surface area (Å²) in [6.07, 6.45) is 3.63. The zero-order valence-corrected chi connectivity index (χ0v) is 14.6. The largest absolute Gasteiger partial charge is 0.354 e. The highest BCUT2D eigenvalue weighted by molar-refractivity contribution is 7.99. The number of fused-ring (bicyclic) bond motifs is 1. The number of aryl methyl sites for hydroxylation is 1. The van der Waals surface area contributed by atoms with Gasteiger partial charge in [-0.15, -0.1) is 0 Å². The molecule has 25 heavy (non-hydrogen) atoms. The molecule has 0 saturated carbocycles. The average Bonchev–Trinajstić information content (AvgIpc) is 3.24. The Hall–Kier alpha value is -2.79. The van der Waals surface area contributed by atoms with E-state index in [2.05, 4.69) is 9.97 Å². The van der Waals surface area contributed by atoms with Crippen molar-refractivity contribution in [3.63, 3.8) is 0 Å². The van der Waals surface area contributed by atoms with Gasteiger partial charge < -0.3 is 9.55 Å². The van der Waals surface area contributed by atoms with Gasteiger partial charge in [0.25, 0.3) is 0 Å². The lowest BCUT2D eigenvalue weighted by atomic mass is 10.0. The van der Waals surface area contributed by atoms with E-state index in [9.17, 15) is 4.79 Å². The van der Waals surface area contributed by atoms with Crippen molar-refractivity contribution in [2.24, 2.45) is 7.05 Å². The van der Waals surface area contributed by atoms with Gasteiger partial charge in [-0.2, -0.15) is 0 Å². The number of thioether (sulfide) groups is 1. The van der Waals surface area contributed by atoms with Crippen LogP contribution in [0.25, 0.3) is 22.2 Å². The van der Waals surface area contributed by atoms with E-state index in [0.717, 1.165) is 32.9 Å². The van der Waals surface area contributed by atoms with Gasteiger partial charge in [0.2, 0.25) is 0 Å². The summed E-state index contributed by atoms with van der Waals surface area (Å²) in [5, 5.41) is 1.81. The molecule has 2 aromatic heterocycles. The van der Waals surface area contributed by atoms with Gasteiger partial charge in [-0.1, -0.05) is 60.3 Å². The van der Waals surface area contributed by atoms with Crippen LogP contribution >= 0.6 is 11.8 Å². The first-order valence-electron chi connectivity index (χ1n) is 8.03. The number of Topliss-reactive ketones (excluding diaryl/α,β-unsaturated/α-hetero) is 1. The second-order valence-corrected chi connectivity index (χ2v) is 6.76. The maximum atomic E-state index is 13.0. The Labute approximate surface area is 149 Å². The molecule has 0 aliphatic rings. The molecule has 0 radical (unpaired) electrons. The summed E-state index contributed by atoms with van der Waals surface area (Å²) in [6.45, 7) is 0. The van der Waals surface area contributed by atoms with Crippen molar-refractivity contribution in [2.45, 2.75) is 5.16 Å². The number of carbonyl (C=O) groups excluding carboxylic acids is 1. The fraction of sp³-hybridized carbons (Fsp3) is 0.100. The topological polar surface area (TPSA) is 50.7 Å². The summed E-state index contributed by atoms with van der Waals surface area (Å²) in [5.74, 6) is 0.455. The monoisotopic (exact) mass is 347 g/mol. The Morgan fingerprint density at radius 1 is 1.12 bits per heavy atom. The number of carbonyl (C=O) groups is 1. The number of ketones is 1. The fourth-order valence-electron chi connectivity index (χ4n) is 2.95. The van der Waals surface area contributed by atoms with E-state index < -0.39 is 0 Å². The molecule has 2 aromatic carbocycles. The maximum absolute atomic E-state index is 13.0. The molecule has 5 heteroatoms. The molecular weight excluding hydrogens is 330 g/mol. The van der Waals surface area contributed by atoms with Gasteiger partial charge in [0, 0.05) is 30.3 Å². The molecule has 0 unspecified atom stereocenters. The lowest BCUT2D eigenvalue weighted by Gasteiger charge is -2.05. The van der Waals surface area contributed by atoms with Crippen LogP contribution in [0, 0.1) is 0 Å². The second kappa shape index (κ2) is 6.61. The van der Waals surface area contributed by atoms with Crippen LogP contribution in [0.3, 0.4) is 0 Å². The molecule has 4 nitrogen and oxygen atoms in total. The summed E-state index contributed by atoms with van der Waals surface area (Å²) in [4.78, 5) is 20.7. The predicted molar refractivity (Wildman–Crippen MR) is 102 cm³/mol. The minimum atomic E-state index is 0.101. The smallest absolute Gasteiger partial charge is 0.175 e. The van der Waals surface area contributed by atoms with Gasteiger partial charge in [-0.05, 0) is 11.6 Å². The summed E-state index contributed by atoms with van der Waals surface area (Å²) in [7, 11) is 1.93. The zero-order chi connectivity index (χ0) is 17.2. The van der Waals surface area contributed by atoms with Crippen molar-refractivity contribution in [2.75, 3.05) is 5.75 Å². The first kappa shape index (κ1) is 15.7. The number of benzene rings is 2. The number of aromatic nitrogens is 3. The molecular formula is C20H17N3OS. The molecule has 0 aliphatic heterocycles. The van der Waals surface area contributed by atoms with Crippen LogP contribution in [0.5, 0.6) is 0 Å². The van der Waals surface area contributed by atoms with Gasteiger partial charge in [-0.25, -0.2) is 4.98 Å². The Morgan fingerprint density at radius 2 is 1.88 bits per heavy atom. The van der Waals surface area contributed by atoms with Crippen molar-refractivity contribution < 1.29 is 4.79 Å². The third-order valence-electron chi connectivity index (χ3n) is 4.16. The van der Waals surface area contributed by atoms with Crippen LogP contribution in [-0.2, 0) is 7.05 Å². The third-order valence-corrected chi connectivity index (χ3v) is 5.21. The predicted octanol–water partition coefficient (Wildman–Crippen LogP) is 4.54. The van der Waals surface area contributed by atoms with Crippen LogP contribution in [0.4, 0.5) is 0 Å². The number of rotatable bonds is 5. The van der Waals surface area contributed by atoms with Gasteiger partial charge in [-0.3, -0.25) is 4.79 Å². The molecule has 0 saturated heterocycles. The van der Waals surface area contributed by atoms with E-state index in [0.29, 0.717) is 5.75 Å². The number of aromatic amines is 1. The molecule has 0 fully saturated rings. The van der Waals surface area contributed by atoms with Gasteiger partial charge in [0.05, 0.1) is 17.0 Å². The van der Waals surface area contributed by atoms with Crippen LogP contribution in [0.2, 0.25) is 0 Å². The van der Waals surface area contributed by atoms with Gasteiger partial charge in [0.15, 0.2) is 10.9 Å². The van der Waals surface area contributed by atoms with Gasteiger partial charge >= 0.3 is 0 Å². The molecule has 1 N–H and O–H groups in total. The third kappa shape index (κ3) is 2.98. The number of nitrogens with one attached hydrogen (secondary N) is 1. The van der Waals surface area contributed by atoms with E-state index >= 15 is 0 Å². The van der Waals surface area contributed by atoms with Crippen molar-refractivity contribution >= 4 is 28.4 Å². The molecule has 124 valence electrons. The molecule has 2 heterocycles. The lowest BCUT2D eigenvalue weighted by molar-refractivity contribution is 0.102. The molecule has 0 spiro atoms. The first-order valence-corrected chi connectivity index (χ1v) is 9.02. The van der Waals surface area contributed by atoms with E-state index in [1.807, 2.05) is 72.4 Å².